The molecular weight excluding hydrogens is 256 g/mol. The van der Waals surface area contributed by atoms with Crippen molar-refractivity contribution in [2.24, 2.45) is 0 Å². The molecule has 0 aromatic carbocycles. The molecule has 0 fully saturated rings. The normalized spacial score (nSPS) is 10.6. The molecule has 1 aromatic rings. The van der Waals surface area contributed by atoms with E-state index in [1.807, 2.05) is 36.7 Å². The van der Waals surface area contributed by atoms with E-state index < -0.39 is 0 Å². The summed E-state index contributed by atoms with van der Waals surface area (Å²) in [4.78, 5) is 22.9. The molecular formula is C15H24N2O3. The zero-order valence-electron chi connectivity index (χ0n) is 12.5. The number of nitrogens with zero attached hydrogens (tertiary/aromatic N) is 1. The molecule has 1 N–H and O–H groups in total. The summed E-state index contributed by atoms with van der Waals surface area (Å²) in [6.45, 7) is 4.72. The van der Waals surface area contributed by atoms with Gasteiger partial charge in [0.1, 0.15) is 5.69 Å². The molecule has 1 amide bonds. The molecule has 20 heavy (non-hydrogen) atoms. The van der Waals surface area contributed by atoms with Crippen LogP contribution in [0.25, 0.3) is 0 Å². The highest BCUT2D eigenvalue weighted by molar-refractivity contribution is 5.92. The van der Waals surface area contributed by atoms with Crippen LogP contribution >= 0.6 is 0 Å². The van der Waals surface area contributed by atoms with E-state index >= 15 is 0 Å². The minimum absolute atomic E-state index is 0.0448. The van der Waals surface area contributed by atoms with Gasteiger partial charge in [0.15, 0.2) is 0 Å². The quantitative estimate of drug-likeness (QED) is 0.588. The molecule has 5 nitrogen and oxygen atoms in total. The van der Waals surface area contributed by atoms with E-state index in [1.165, 1.54) is 7.11 Å². The van der Waals surface area contributed by atoms with Gasteiger partial charge in [-0.05, 0) is 38.8 Å². The van der Waals surface area contributed by atoms with Crippen molar-refractivity contribution >= 4 is 11.9 Å². The lowest BCUT2D eigenvalue weighted by atomic mass is 10.2. The number of carbonyl (C=O) groups is 2. The monoisotopic (exact) mass is 280 g/mol. The Labute approximate surface area is 120 Å². The summed E-state index contributed by atoms with van der Waals surface area (Å²) >= 11 is 0. The Morgan fingerprint density at radius 2 is 2.05 bits per heavy atom. The number of amides is 1. The van der Waals surface area contributed by atoms with Crippen molar-refractivity contribution in [2.75, 3.05) is 13.7 Å². The van der Waals surface area contributed by atoms with Gasteiger partial charge in [0, 0.05) is 25.2 Å². The Hall–Kier alpha value is -1.78. The van der Waals surface area contributed by atoms with Crippen LogP contribution in [-0.2, 0) is 9.53 Å². The number of ether oxygens (including phenoxy) is 1. The zero-order chi connectivity index (χ0) is 15.0. The number of carbonyl (C=O) groups excluding carboxylic acids is 2. The van der Waals surface area contributed by atoms with E-state index in [0.717, 1.165) is 19.3 Å². The Bertz CT molecular complexity index is 438. The topological polar surface area (TPSA) is 60.3 Å². The van der Waals surface area contributed by atoms with Gasteiger partial charge in [0.25, 0.3) is 5.91 Å². The minimum Gasteiger partial charge on any atom is -0.469 e. The molecule has 0 saturated heterocycles. The Morgan fingerprint density at radius 3 is 2.70 bits per heavy atom. The predicted octanol–water partition coefficient (Wildman–Crippen LogP) is 2.53. The average Bonchev–Trinajstić information content (AvgIpc) is 2.91. The molecule has 0 saturated carbocycles. The lowest BCUT2D eigenvalue weighted by molar-refractivity contribution is -0.140. The summed E-state index contributed by atoms with van der Waals surface area (Å²) < 4.78 is 6.52. The maximum Gasteiger partial charge on any atom is 0.305 e. The first kappa shape index (κ1) is 16.3. The first-order valence-electron chi connectivity index (χ1n) is 7.08. The van der Waals surface area contributed by atoms with E-state index in [1.54, 1.807) is 0 Å². The van der Waals surface area contributed by atoms with Crippen LogP contribution in [-0.4, -0.2) is 30.1 Å². The molecule has 112 valence electrons. The van der Waals surface area contributed by atoms with E-state index in [0.29, 0.717) is 18.7 Å². The number of unbranched alkanes of at least 4 members (excludes halogenated alkanes) is 2. The summed E-state index contributed by atoms with van der Waals surface area (Å²) in [6, 6.07) is 3.98. The molecule has 0 bridgehead atoms. The zero-order valence-corrected chi connectivity index (χ0v) is 12.5. The number of rotatable bonds is 8. The standard InChI is InChI=1S/C15H24N2O3/c1-12(2)17-11-7-8-13(17)15(19)16-10-6-4-5-9-14(18)20-3/h7-8,11-12H,4-6,9-10H2,1-3H3,(H,16,19). The van der Waals surface area contributed by atoms with Gasteiger partial charge in [0.05, 0.1) is 7.11 Å². The van der Waals surface area contributed by atoms with Gasteiger partial charge in [-0.2, -0.15) is 0 Å². The van der Waals surface area contributed by atoms with Crippen LogP contribution in [0.1, 0.15) is 56.1 Å². The highest BCUT2D eigenvalue weighted by atomic mass is 16.5. The fourth-order valence-electron chi connectivity index (χ4n) is 2.00. The molecule has 1 aromatic heterocycles. The fraction of sp³-hybridized carbons (Fsp3) is 0.600. The Morgan fingerprint density at radius 1 is 1.30 bits per heavy atom. The molecule has 5 heteroatoms. The molecule has 0 spiro atoms. The number of esters is 1. The maximum atomic E-state index is 12.0. The SMILES string of the molecule is COC(=O)CCCCCNC(=O)c1cccn1C(C)C. The van der Waals surface area contributed by atoms with Crippen molar-refractivity contribution in [2.45, 2.75) is 45.6 Å². The highest BCUT2D eigenvalue weighted by Crippen LogP contribution is 2.10. The van der Waals surface area contributed by atoms with Gasteiger partial charge in [-0.15, -0.1) is 0 Å². The first-order chi connectivity index (χ1) is 9.56. The number of aromatic nitrogens is 1. The third-order valence-electron chi connectivity index (χ3n) is 3.14. The van der Waals surface area contributed by atoms with E-state index in [4.69, 9.17) is 0 Å². The van der Waals surface area contributed by atoms with Crippen LogP contribution in [0.3, 0.4) is 0 Å². The van der Waals surface area contributed by atoms with Crippen molar-refractivity contribution in [3.8, 4) is 0 Å². The van der Waals surface area contributed by atoms with Gasteiger partial charge >= 0.3 is 5.97 Å². The van der Waals surface area contributed by atoms with Crippen molar-refractivity contribution in [3.63, 3.8) is 0 Å². The second kappa shape index (κ2) is 8.40. The first-order valence-corrected chi connectivity index (χ1v) is 7.08. The smallest absolute Gasteiger partial charge is 0.305 e. The third-order valence-corrected chi connectivity index (χ3v) is 3.14. The summed E-state index contributed by atoms with van der Waals surface area (Å²) in [6.07, 6.45) is 4.92. The largest absolute Gasteiger partial charge is 0.469 e. The molecule has 0 aliphatic rings. The van der Waals surface area contributed by atoms with E-state index in [-0.39, 0.29) is 17.9 Å². The van der Waals surface area contributed by atoms with Gasteiger partial charge in [-0.25, -0.2) is 0 Å². The van der Waals surface area contributed by atoms with Crippen LogP contribution in [0.5, 0.6) is 0 Å². The van der Waals surface area contributed by atoms with E-state index in [9.17, 15) is 9.59 Å². The molecule has 0 aliphatic heterocycles. The van der Waals surface area contributed by atoms with Gasteiger partial charge in [0.2, 0.25) is 0 Å². The second-order valence-corrected chi connectivity index (χ2v) is 5.04. The summed E-state index contributed by atoms with van der Waals surface area (Å²) in [5.41, 5.74) is 0.689. The van der Waals surface area contributed by atoms with Crippen molar-refractivity contribution < 1.29 is 14.3 Å². The minimum atomic E-state index is -0.177. The molecule has 0 unspecified atom stereocenters. The Kier molecular flexibility index (Phi) is 6.84. The van der Waals surface area contributed by atoms with Crippen LogP contribution in [0.15, 0.2) is 18.3 Å². The molecule has 1 rings (SSSR count). The van der Waals surface area contributed by atoms with Crippen LogP contribution in [0, 0.1) is 0 Å². The molecule has 0 aliphatic carbocycles. The lowest BCUT2D eigenvalue weighted by Crippen LogP contribution is -2.27. The van der Waals surface area contributed by atoms with Crippen LogP contribution in [0.4, 0.5) is 0 Å². The van der Waals surface area contributed by atoms with Crippen molar-refractivity contribution in [3.05, 3.63) is 24.0 Å². The summed E-state index contributed by atoms with van der Waals surface area (Å²) in [5, 5.41) is 2.91. The molecule has 1 heterocycles. The lowest BCUT2D eigenvalue weighted by Gasteiger charge is -2.12. The summed E-state index contributed by atoms with van der Waals surface area (Å²) in [7, 11) is 1.40. The third kappa shape index (κ3) is 5.07. The maximum absolute atomic E-state index is 12.0. The van der Waals surface area contributed by atoms with Gasteiger partial charge in [-0.1, -0.05) is 6.42 Å². The number of nitrogens with one attached hydrogen (secondary N) is 1. The number of hydrogen-bond acceptors (Lipinski definition) is 3. The van der Waals surface area contributed by atoms with Gasteiger partial charge in [-0.3, -0.25) is 9.59 Å². The molecule has 0 atom stereocenters. The van der Waals surface area contributed by atoms with Crippen molar-refractivity contribution in [1.29, 1.82) is 0 Å². The van der Waals surface area contributed by atoms with E-state index in [2.05, 4.69) is 10.1 Å². The second-order valence-electron chi connectivity index (χ2n) is 5.04. The van der Waals surface area contributed by atoms with Crippen LogP contribution < -0.4 is 5.32 Å². The van der Waals surface area contributed by atoms with Crippen molar-refractivity contribution in [1.82, 2.24) is 9.88 Å². The Balaban J connectivity index is 2.23. The predicted molar refractivity (Wildman–Crippen MR) is 77.6 cm³/mol. The average molecular weight is 280 g/mol. The number of methoxy groups -OCH3 is 1. The highest BCUT2D eigenvalue weighted by Gasteiger charge is 2.11. The fourth-order valence-corrected chi connectivity index (χ4v) is 2.00. The number of hydrogen-bond donors (Lipinski definition) is 1. The van der Waals surface area contributed by atoms with Crippen LogP contribution in [0.2, 0.25) is 0 Å². The van der Waals surface area contributed by atoms with Gasteiger partial charge < -0.3 is 14.6 Å². The summed E-state index contributed by atoms with van der Waals surface area (Å²) in [5.74, 6) is -0.222. The molecule has 0 radical (unpaired) electrons.